The first-order valence-corrected chi connectivity index (χ1v) is 21.6. The Bertz CT molecular complexity index is 3190. The highest BCUT2D eigenvalue weighted by Gasteiger charge is 2.38. The quantitative estimate of drug-likeness (QED) is 0.159. The Kier molecular flexibility index (Phi) is 8.67. The maximum atomic E-state index is 2.49. The number of benzene rings is 9. The number of anilines is 5. The fourth-order valence-corrected chi connectivity index (χ4v) is 10.1. The van der Waals surface area contributed by atoms with Crippen LogP contribution in [0.5, 0.6) is 0 Å². The zero-order valence-electron chi connectivity index (χ0n) is 34.1. The summed E-state index contributed by atoms with van der Waals surface area (Å²) in [6, 6.07) is 82.2. The summed E-state index contributed by atoms with van der Waals surface area (Å²) in [5.41, 5.74) is 19.6. The van der Waals surface area contributed by atoms with E-state index in [4.69, 9.17) is 0 Å². The zero-order chi connectivity index (χ0) is 41.0. The maximum absolute atomic E-state index is 2.49. The number of allylic oxidation sites excluding steroid dienone is 2. The van der Waals surface area contributed by atoms with Crippen LogP contribution in [0.4, 0.5) is 28.4 Å². The van der Waals surface area contributed by atoms with E-state index in [0.29, 0.717) is 0 Å². The molecule has 2 atom stereocenters. The van der Waals surface area contributed by atoms with Gasteiger partial charge in [-0.25, -0.2) is 0 Å². The second-order valence-corrected chi connectivity index (χ2v) is 16.4. The Balaban J connectivity index is 0.985. The smallest absolute Gasteiger partial charge is 0.0630 e. The second-order valence-electron chi connectivity index (χ2n) is 16.4. The molecule has 0 amide bonds. The molecular formula is C60H42N2. The molecule has 0 N–H and O–H groups in total. The van der Waals surface area contributed by atoms with Gasteiger partial charge in [-0.2, -0.15) is 0 Å². The Morgan fingerprint density at radius 3 is 1.77 bits per heavy atom. The molecular weight excluding hydrogens is 749 g/mol. The van der Waals surface area contributed by atoms with Crippen LogP contribution in [0.2, 0.25) is 0 Å². The number of fused-ring (bicyclic) bond motifs is 7. The van der Waals surface area contributed by atoms with Crippen molar-refractivity contribution in [2.75, 3.05) is 9.80 Å². The number of rotatable bonds is 7. The van der Waals surface area contributed by atoms with Crippen LogP contribution in [0.25, 0.3) is 38.6 Å². The molecule has 62 heavy (non-hydrogen) atoms. The standard InChI is InChI=1S/C60H42N2/c1-4-17-43(18-5-1)59(44-19-6-2-7-20-44)60-54-26-13-12-24-51(54)52-36-35-50(40-56(52)60)61(49-34-30-41-16-10-11-21-45(41)38-49)48-32-28-42(29-33-48)46-31-37-58-55(39-46)53-25-14-15-27-57(53)62(58)47-22-8-3-9-23-47/h1-40,55,58H. The highest BCUT2D eigenvalue weighted by Crippen LogP contribution is 2.52. The van der Waals surface area contributed by atoms with E-state index < -0.39 is 0 Å². The first-order chi connectivity index (χ1) is 30.8. The molecule has 2 aliphatic carbocycles. The lowest BCUT2D eigenvalue weighted by Gasteiger charge is -2.30. The van der Waals surface area contributed by atoms with Crippen molar-refractivity contribution in [2.24, 2.45) is 0 Å². The Morgan fingerprint density at radius 2 is 1.02 bits per heavy atom. The number of para-hydroxylation sites is 2. The van der Waals surface area contributed by atoms with E-state index in [1.165, 1.54) is 83.4 Å². The molecule has 0 radical (unpaired) electrons. The first-order valence-electron chi connectivity index (χ1n) is 21.6. The molecule has 9 aromatic rings. The number of hydrogen-bond donors (Lipinski definition) is 0. The highest BCUT2D eigenvalue weighted by molar-refractivity contribution is 6.14. The maximum Gasteiger partial charge on any atom is 0.0630 e. The fraction of sp³-hybridized carbons (Fsp3) is 0.0333. The molecule has 292 valence electrons. The lowest BCUT2D eigenvalue weighted by atomic mass is 9.86. The van der Waals surface area contributed by atoms with Crippen molar-refractivity contribution in [2.45, 2.75) is 12.0 Å². The van der Waals surface area contributed by atoms with Crippen LogP contribution < -0.4 is 9.80 Å². The average Bonchev–Trinajstić information content (AvgIpc) is 3.85. The summed E-state index contributed by atoms with van der Waals surface area (Å²) in [4.78, 5) is 4.92. The van der Waals surface area contributed by atoms with Gasteiger partial charge in [-0.1, -0.05) is 188 Å². The van der Waals surface area contributed by atoms with E-state index in [-0.39, 0.29) is 12.0 Å². The third-order valence-electron chi connectivity index (χ3n) is 12.9. The highest BCUT2D eigenvalue weighted by atomic mass is 15.2. The van der Waals surface area contributed by atoms with Crippen LogP contribution >= 0.6 is 0 Å². The molecule has 0 saturated carbocycles. The van der Waals surface area contributed by atoms with E-state index in [1.807, 2.05) is 0 Å². The molecule has 0 saturated heterocycles. The first kappa shape index (κ1) is 36.0. The topological polar surface area (TPSA) is 6.48 Å². The van der Waals surface area contributed by atoms with Gasteiger partial charge >= 0.3 is 0 Å². The van der Waals surface area contributed by atoms with Crippen LogP contribution in [0.3, 0.4) is 0 Å². The molecule has 0 spiro atoms. The Labute approximate surface area is 363 Å². The van der Waals surface area contributed by atoms with Crippen molar-refractivity contribution in [3.63, 3.8) is 0 Å². The van der Waals surface area contributed by atoms with Gasteiger partial charge in [0.2, 0.25) is 0 Å². The third kappa shape index (κ3) is 6.03. The van der Waals surface area contributed by atoms with Crippen molar-refractivity contribution < 1.29 is 0 Å². The van der Waals surface area contributed by atoms with E-state index in [9.17, 15) is 0 Å². The van der Waals surface area contributed by atoms with E-state index in [2.05, 4.69) is 252 Å². The molecule has 2 unspecified atom stereocenters. The molecule has 0 bridgehead atoms. The van der Waals surface area contributed by atoms with Gasteiger partial charge in [0.25, 0.3) is 0 Å². The molecule has 1 aliphatic heterocycles. The minimum atomic E-state index is 0.232. The monoisotopic (exact) mass is 790 g/mol. The summed E-state index contributed by atoms with van der Waals surface area (Å²) in [7, 11) is 0. The van der Waals surface area contributed by atoms with Crippen molar-refractivity contribution >= 4 is 55.9 Å². The summed E-state index contributed by atoms with van der Waals surface area (Å²) in [5.74, 6) is 0.259. The number of nitrogens with zero attached hydrogens (tertiary/aromatic N) is 2. The predicted molar refractivity (Wildman–Crippen MR) is 261 cm³/mol. The van der Waals surface area contributed by atoms with Gasteiger partial charge in [0.05, 0.1) is 6.04 Å². The van der Waals surface area contributed by atoms with Gasteiger partial charge in [-0.15, -0.1) is 0 Å². The molecule has 1 heterocycles. The summed E-state index contributed by atoms with van der Waals surface area (Å²) in [6.07, 6.45) is 7.20. The van der Waals surface area contributed by atoms with Crippen LogP contribution in [0.15, 0.2) is 243 Å². The lowest BCUT2D eigenvalue weighted by molar-refractivity contribution is 0.747. The number of hydrogen-bond acceptors (Lipinski definition) is 2. The van der Waals surface area contributed by atoms with Gasteiger partial charge in [-0.3, -0.25) is 0 Å². The minimum absolute atomic E-state index is 0.232. The van der Waals surface area contributed by atoms with Crippen molar-refractivity contribution in [3.05, 3.63) is 276 Å². The second kappa shape index (κ2) is 15.0. The third-order valence-corrected chi connectivity index (χ3v) is 12.9. The normalized spacial score (nSPS) is 15.7. The largest absolute Gasteiger partial charge is 0.333 e. The molecule has 3 aliphatic rings. The zero-order valence-corrected chi connectivity index (χ0v) is 34.1. The average molecular weight is 791 g/mol. The Hall–Kier alpha value is -7.94. The predicted octanol–water partition coefficient (Wildman–Crippen LogP) is 15.6. The van der Waals surface area contributed by atoms with Crippen molar-refractivity contribution in [1.29, 1.82) is 0 Å². The van der Waals surface area contributed by atoms with Gasteiger partial charge in [0.1, 0.15) is 0 Å². The van der Waals surface area contributed by atoms with Gasteiger partial charge in [-0.05, 0) is 127 Å². The summed E-state index contributed by atoms with van der Waals surface area (Å²) < 4.78 is 0. The summed E-state index contributed by atoms with van der Waals surface area (Å²) in [6.45, 7) is 0. The van der Waals surface area contributed by atoms with Gasteiger partial charge < -0.3 is 9.80 Å². The molecule has 12 rings (SSSR count). The Morgan fingerprint density at radius 1 is 0.435 bits per heavy atom. The summed E-state index contributed by atoms with van der Waals surface area (Å²) in [5, 5.41) is 2.44. The van der Waals surface area contributed by atoms with Crippen LogP contribution in [-0.2, 0) is 0 Å². The molecule has 2 nitrogen and oxygen atoms in total. The fourth-order valence-electron chi connectivity index (χ4n) is 10.1. The molecule has 0 aromatic heterocycles. The lowest BCUT2D eigenvalue weighted by Crippen LogP contribution is -2.28. The van der Waals surface area contributed by atoms with Crippen LogP contribution in [-0.4, -0.2) is 6.04 Å². The van der Waals surface area contributed by atoms with E-state index in [0.717, 1.165) is 17.1 Å². The molecule has 2 heteroatoms. The molecule has 0 fully saturated rings. The van der Waals surface area contributed by atoms with Crippen LogP contribution in [0.1, 0.15) is 39.3 Å². The van der Waals surface area contributed by atoms with E-state index in [1.54, 1.807) is 0 Å². The minimum Gasteiger partial charge on any atom is -0.333 e. The van der Waals surface area contributed by atoms with Crippen molar-refractivity contribution in [1.82, 2.24) is 0 Å². The summed E-state index contributed by atoms with van der Waals surface area (Å²) >= 11 is 0. The SMILES string of the molecule is C1=CC2C(C=C1c1ccc(N(c3ccc4c(c3)C(=C(c3ccccc3)c3ccccc3)c3ccccc3-4)c3ccc4ccccc4c3)cc1)c1ccccc1N2c1ccccc1. The molecule has 9 aromatic carbocycles. The van der Waals surface area contributed by atoms with Crippen LogP contribution in [0, 0.1) is 0 Å². The van der Waals surface area contributed by atoms with Gasteiger partial charge in [0, 0.05) is 34.4 Å². The van der Waals surface area contributed by atoms with Gasteiger partial charge in [0.15, 0.2) is 0 Å². The van der Waals surface area contributed by atoms with E-state index >= 15 is 0 Å². The van der Waals surface area contributed by atoms with Crippen molar-refractivity contribution in [3.8, 4) is 11.1 Å².